The van der Waals surface area contributed by atoms with Crippen LogP contribution in [0.4, 0.5) is 14.5 Å². The minimum absolute atomic E-state index is 0.0525. The first-order valence-corrected chi connectivity index (χ1v) is 10.0. The zero-order valence-corrected chi connectivity index (χ0v) is 18.7. The molecule has 8 nitrogen and oxygen atoms in total. The van der Waals surface area contributed by atoms with Crippen molar-refractivity contribution in [2.24, 2.45) is 5.73 Å². The number of methoxy groups -OCH3 is 2. The van der Waals surface area contributed by atoms with E-state index in [1.165, 1.54) is 12.1 Å². The predicted octanol–water partition coefficient (Wildman–Crippen LogP) is 3.84. The number of nitrogens with two attached hydrogens (primary N) is 1. The van der Waals surface area contributed by atoms with Gasteiger partial charge >= 0.3 is 18.6 Å². The van der Waals surface area contributed by atoms with Crippen molar-refractivity contribution in [2.45, 2.75) is 12.5 Å². The molecule has 176 valence electrons. The molecule has 1 unspecified atom stereocenters. The molecule has 0 radical (unpaired) electrons. The van der Waals surface area contributed by atoms with Gasteiger partial charge in [-0.3, -0.25) is 4.90 Å². The molecule has 0 aliphatic carbocycles. The Labute approximate surface area is 198 Å². The van der Waals surface area contributed by atoms with Crippen LogP contribution in [0.2, 0.25) is 5.02 Å². The second kappa shape index (κ2) is 10.2. The van der Waals surface area contributed by atoms with Crippen LogP contribution in [0.3, 0.4) is 0 Å². The van der Waals surface area contributed by atoms with E-state index in [0.29, 0.717) is 5.56 Å². The molecule has 0 saturated heterocycles. The molecule has 1 aliphatic heterocycles. The van der Waals surface area contributed by atoms with Crippen LogP contribution in [0, 0.1) is 11.3 Å². The summed E-state index contributed by atoms with van der Waals surface area (Å²) in [5.41, 5.74) is 6.36. The lowest BCUT2D eigenvalue weighted by molar-refractivity contribution is -0.139. The summed E-state index contributed by atoms with van der Waals surface area (Å²) in [6, 6.07) is 14.1. The molecule has 0 aromatic heterocycles. The number of allylic oxidation sites excluding steroid dienone is 1. The fourth-order valence-electron chi connectivity index (χ4n) is 3.60. The number of nitriles is 1. The van der Waals surface area contributed by atoms with Crippen molar-refractivity contribution in [3.8, 4) is 11.8 Å². The Hall–Kier alpha value is -4.10. The molecular formula is C23H18ClF2N3O5. The molecule has 2 N–H and O–H groups in total. The predicted molar refractivity (Wildman–Crippen MR) is 118 cm³/mol. The number of benzene rings is 2. The Bertz CT molecular complexity index is 1220. The van der Waals surface area contributed by atoms with E-state index in [-0.39, 0.29) is 39.1 Å². The van der Waals surface area contributed by atoms with Crippen molar-refractivity contribution in [1.29, 1.82) is 5.26 Å². The molecule has 0 bridgehead atoms. The van der Waals surface area contributed by atoms with Crippen molar-refractivity contribution in [1.82, 2.24) is 0 Å². The van der Waals surface area contributed by atoms with Gasteiger partial charge in [-0.15, -0.1) is 0 Å². The van der Waals surface area contributed by atoms with Gasteiger partial charge in [0.05, 0.1) is 42.4 Å². The summed E-state index contributed by atoms with van der Waals surface area (Å²) in [5.74, 6) is -3.41. The maximum Gasteiger partial charge on any atom is 0.387 e. The first-order valence-electron chi connectivity index (χ1n) is 9.65. The third kappa shape index (κ3) is 4.51. The highest BCUT2D eigenvalue weighted by molar-refractivity contribution is 6.32. The van der Waals surface area contributed by atoms with Crippen molar-refractivity contribution < 1.29 is 32.6 Å². The van der Waals surface area contributed by atoms with Gasteiger partial charge in [0.1, 0.15) is 17.3 Å². The number of anilines is 1. The highest BCUT2D eigenvalue weighted by Crippen LogP contribution is 2.44. The first kappa shape index (κ1) is 24.5. The van der Waals surface area contributed by atoms with E-state index in [1.807, 2.05) is 6.07 Å². The largest absolute Gasteiger partial charge is 0.466 e. The normalized spacial score (nSPS) is 15.8. The van der Waals surface area contributed by atoms with Gasteiger partial charge < -0.3 is 19.9 Å². The molecule has 0 fully saturated rings. The van der Waals surface area contributed by atoms with Gasteiger partial charge in [-0.25, -0.2) is 9.59 Å². The fourth-order valence-corrected chi connectivity index (χ4v) is 3.82. The SMILES string of the molecule is COC(=O)C1=C(C(=O)OC)N(c2ccc(OC(F)F)c(Cl)c2)C(N)=C(C#N)C1c1ccccc1. The quantitative estimate of drug-likeness (QED) is 0.609. The number of hydrogen-bond donors (Lipinski definition) is 1. The van der Waals surface area contributed by atoms with Gasteiger partial charge in [-0.05, 0) is 23.8 Å². The van der Waals surface area contributed by atoms with Gasteiger partial charge in [-0.2, -0.15) is 14.0 Å². The lowest BCUT2D eigenvalue weighted by Gasteiger charge is -2.36. The summed E-state index contributed by atoms with van der Waals surface area (Å²) in [4.78, 5) is 27.0. The molecule has 2 aromatic carbocycles. The second-order valence-corrected chi connectivity index (χ2v) is 7.24. The third-order valence-electron chi connectivity index (χ3n) is 5.00. The Morgan fingerprint density at radius 1 is 1.12 bits per heavy atom. The molecule has 11 heteroatoms. The summed E-state index contributed by atoms with van der Waals surface area (Å²) >= 11 is 6.09. The van der Waals surface area contributed by atoms with Gasteiger partial charge in [0.25, 0.3) is 0 Å². The van der Waals surface area contributed by atoms with E-state index in [0.717, 1.165) is 25.2 Å². The lowest BCUT2D eigenvalue weighted by atomic mass is 9.81. The van der Waals surface area contributed by atoms with E-state index >= 15 is 0 Å². The number of ether oxygens (including phenoxy) is 3. The molecule has 0 amide bonds. The first-order chi connectivity index (χ1) is 16.2. The van der Waals surface area contributed by atoms with Crippen molar-refractivity contribution in [3.63, 3.8) is 0 Å². The van der Waals surface area contributed by atoms with Crippen LogP contribution in [0.5, 0.6) is 5.75 Å². The molecule has 0 saturated carbocycles. The Morgan fingerprint density at radius 3 is 2.29 bits per heavy atom. The van der Waals surface area contributed by atoms with Gasteiger partial charge in [0.2, 0.25) is 0 Å². The van der Waals surface area contributed by atoms with E-state index in [9.17, 15) is 23.6 Å². The number of rotatable bonds is 6. The number of halogens is 3. The highest BCUT2D eigenvalue weighted by atomic mass is 35.5. The summed E-state index contributed by atoms with van der Waals surface area (Å²) in [6.07, 6.45) is 0. The van der Waals surface area contributed by atoms with E-state index in [2.05, 4.69) is 4.74 Å². The van der Waals surface area contributed by atoms with Crippen LogP contribution in [0.15, 0.2) is 71.2 Å². The monoisotopic (exact) mass is 489 g/mol. The second-order valence-electron chi connectivity index (χ2n) is 6.83. The summed E-state index contributed by atoms with van der Waals surface area (Å²) in [5, 5.41) is 9.75. The van der Waals surface area contributed by atoms with Crippen molar-refractivity contribution in [2.75, 3.05) is 19.1 Å². The maximum atomic E-state index is 13.0. The van der Waals surface area contributed by atoms with Crippen LogP contribution in [0.1, 0.15) is 11.5 Å². The molecule has 1 heterocycles. The molecule has 0 spiro atoms. The van der Waals surface area contributed by atoms with Gasteiger partial charge in [-0.1, -0.05) is 41.9 Å². The number of carbonyl (C=O) groups excluding carboxylic acids is 2. The molecule has 34 heavy (non-hydrogen) atoms. The summed E-state index contributed by atoms with van der Waals surface area (Å²) < 4.78 is 39.5. The van der Waals surface area contributed by atoms with E-state index in [1.54, 1.807) is 30.3 Å². The topological polar surface area (TPSA) is 115 Å². The van der Waals surface area contributed by atoms with Crippen molar-refractivity contribution >= 4 is 29.2 Å². The van der Waals surface area contributed by atoms with E-state index < -0.39 is 24.5 Å². The fraction of sp³-hybridized carbons (Fsp3) is 0.174. The zero-order chi connectivity index (χ0) is 25.0. The number of esters is 2. The minimum atomic E-state index is -3.11. The molecule has 3 rings (SSSR count). The van der Waals surface area contributed by atoms with Crippen LogP contribution in [-0.4, -0.2) is 32.8 Å². The third-order valence-corrected chi connectivity index (χ3v) is 5.30. The summed E-state index contributed by atoms with van der Waals surface area (Å²) in [6.45, 7) is -3.11. The highest BCUT2D eigenvalue weighted by Gasteiger charge is 2.43. The number of hydrogen-bond acceptors (Lipinski definition) is 8. The lowest BCUT2D eigenvalue weighted by Crippen LogP contribution is -2.40. The van der Waals surface area contributed by atoms with Crippen LogP contribution >= 0.6 is 11.6 Å². The number of nitrogens with zero attached hydrogens (tertiary/aromatic N) is 2. The summed E-state index contributed by atoms with van der Waals surface area (Å²) in [7, 11) is 2.23. The Morgan fingerprint density at radius 2 is 1.76 bits per heavy atom. The van der Waals surface area contributed by atoms with Crippen LogP contribution < -0.4 is 15.4 Å². The van der Waals surface area contributed by atoms with Crippen LogP contribution in [-0.2, 0) is 19.1 Å². The van der Waals surface area contributed by atoms with Gasteiger partial charge in [0, 0.05) is 5.69 Å². The number of alkyl halides is 2. The number of carbonyl (C=O) groups is 2. The van der Waals surface area contributed by atoms with Crippen LogP contribution in [0.25, 0.3) is 0 Å². The molecule has 1 atom stereocenters. The Balaban J connectivity index is 2.34. The van der Waals surface area contributed by atoms with Crippen molar-refractivity contribution in [3.05, 3.63) is 81.8 Å². The van der Waals surface area contributed by atoms with Gasteiger partial charge in [0.15, 0.2) is 0 Å². The molecular weight excluding hydrogens is 472 g/mol. The van der Waals surface area contributed by atoms with E-state index in [4.69, 9.17) is 26.8 Å². The average Bonchev–Trinajstić information content (AvgIpc) is 2.83. The minimum Gasteiger partial charge on any atom is -0.466 e. The Kier molecular flexibility index (Phi) is 7.38. The smallest absolute Gasteiger partial charge is 0.387 e. The molecule has 1 aliphatic rings. The zero-order valence-electron chi connectivity index (χ0n) is 17.9. The maximum absolute atomic E-state index is 13.0. The standard InChI is InChI=1S/C23H18ClF2N3O5/c1-32-21(30)18-17(12-6-4-3-5-7-12)14(11-27)20(28)29(19(18)22(31)33-2)13-8-9-16(15(24)10-13)34-23(25)26/h3-10,17,23H,28H2,1-2H3. The average molecular weight is 490 g/mol. The molecule has 2 aromatic rings.